The van der Waals surface area contributed by atoms with Gasteiger partial charge in [-0.05, 0) is 36.3 Å². The Morgan fingerprint density at radius 3 is 2.95 bits per heavy atom. The van der Waals surface area contributed by atoms with Crippen LogP contribution in [0, 0.1) is 11.8 Å². The Morgan fingerprint density at radius 2 is 2.10 bits per heavy atom. The van der Waals surface area contributed by atoms with Gasteiger partial charge in [0.05, 0.1) is 5.92 Å². The maximum absolute atomic E-state index is 12.9. The molecule has 4 atom stereocenters. The van der Waals surface area contributed by atoms with Crippen LogP contribution in [0.25, 0.3) is 0 Å². The lowest BCUT2D eigenvalue weighted by Gasteiger charge is -2.29. The largest absolute Gasteiger partial charge is 0.342 e. The third-order valence-electron chi connectivity index (χ3n) is 5.46. The number of rotatable bonds is 1. The van der Waals surface area contributed by atoms with Crippen molar-refractivity contribution in [3.05, 3.63) is 29.8 Å². The van der Waals surface area contributed by atoms with Crippen LogP contribution in [0.3, 0.4) is 0 Å². The van der Waals surface area contributed by atoms with Crippen LogP contribution in [-0.4, -0.2) is 35.7 Å². The predicted octanol–water partition coefficient (Wildman–Crippen LogP) is 2.46. The molecule has 1 aromatic rings. The summed E-state index contributed by atoms with van der Waals surface area (Å²) in [4.78, 5) is 16.3. The van der Waals surface area contributed by atoms with Gasteiger partial charge in [0.1, 0.15) is 0 Å². The third kappa shape index (κ3) is 2.29. The van der Waals surface area contributed by atoms with Crippen molar-refractivity contribution < 1.29 is 4.79 Å². The van der Waals surface area contributed by atoms with Crippen LogP contribution >= 0.6 is 11.8 Å². The van der Waals surface area contributed by atoms with Crippen molar-refractivity contribution in [1.82, 2.24) is 4.90 Å². The highest BCUT2D eigenvalue weighted by atomic mass is 32.2. The minimum absolute atomic E-state index is 0.0579. The van der Waals surface area contributed by atoms with E-state index in [9.17, 15) is 4.79 Å². The average molecular weight is 302 g/mol. The lowest BCUT2D eigenvalue weighted by atomic mass is 9.78. The first kappa shape index (κ1) is 13.6. The van der Waals surface area contributed by atoms with Crippen LogP contribution < -0.4 is 5.73 Å². The Hall–Kier alpha value is -1.00. The second-order valence-corrected chi connectivity index (χ2v) is 7.73. The molecule has 21 heavy (non-hydrogen) atoms. The molecule has 0 radical (unpaired) electrons. The number of amides is 1. The first-order chi connectivity index (χ1) is 10.2. The van der Waals surface area contributed by atoms with E-state index in [1.54, 1.807) is 0 Å². The van der Waals surface area contributed by atoms with Gasteiger partial charge < -0.3 is 10.6 Å². The summed E-state index contributed by atoms with van der Waals surface area (Å²) in [5.41, 5.74) is 7.50. The van der Waals surface area contributed by atoms with Crippen molar-refractivity contribution in [2.75, 3.05) is 18.8 Å². The topological polar surface area (TPSA) is 46.3 Å². The molecule has 2 fully saturated rings. The zero-order valence-electron chi connectivity index (χ0n) is 12.2. The summed E-state index contributed by atoms with van der Waals surface area (Å²) in [5, 5.41) is 0. The summed E-state index contributed by atoms with van der Waals surface area (Å²) in [5.74, 6) is 2.46. The minimum Gasteiger partial charge on any atom is -0.342 e. The molecular weight excluding hydrogens is 280 g/mol. The standard InChI is InChI=1S/C17H22N2OS/c18-15-6-3-4-11-8-19(9-13(11)15)17(20)14-10-21-16-7-2-1-5-12(14)16/h1-2,5,7,11,13-15H,3-4,6,8-10,18H2. The van der Waals surface area contributed by atoms with Crippen molar-refractivity contribution in [1.29, 1.82) is 0 Å². The van der Waals surface area contributed by atoms with Gasteiger partial charge >= 0.3 is 0 Å². The minimum atomic E-state index is 0.0579. The summed E-state index contributed by atoms with van der Waals surface area (Å²) < 4.78 is 0. The van der Waals surface area contributed by atoms with Gasteiger partial charge in [-0.25, -0.2) is 0 Å². The van der Waals surface area contributed by atoms with E-state index < -0.39 is 0 Å². The van der Waals surface area contributed by atoms with Gasteiger partial charge in [-0.1, -0.05) is 24.6 Å². The molecule has 1 amide bonds. The Bertz CT molecular complexity index is 561. The SMILES string of the molecule is NC1CCCC2CN(C(=O)C3CSc4ccccc43)CC12. The number of hydrogen-bond donors (Lipinski definition) is 1. The zero-order valence-corrected chi connectivity index (χ0v) is 13.0. The van der Waals surface area contributed by atoms with Gasteiger partial charge in [0.15, 0.2) is 0 Å². The van der Waals surface area contributed by atoms with Crippen LogP contribution in [0.5, 0.6) is 0 Å². The molecule has 2 heterocycles. The van der Waals surface area contributed by atoms with E-state index >= 15 is 0 Å². The molecule has 2 N–H and O–H groups in total. The normalized spacial score (nSPS) is 34.6. The van der Waals surface area contributed by atoms with Gasteiger partial charge in [0.25, 0.3) is 0 Å². The molecule has 0 aromatic heterocycles. The highest BCUT2D eigenvalue weighted by Gasteiger charge is 2.42. The summed E-state index contributed by atoms with van der Waals surface area (Å²) in [7, 11) is 0. The number of thioether (sulfide) groups is 1. The summed E-state index contributed by atoms with van der Waals surface area (Å²) in [6, 6.07) is 8.65. The molecule has 1 saturated carbocycles. The van der Waals surface area contributed by atoms with Gasteiger partial charge in [0.2, 0.25) is 5.91 Å². The molecule has 2 aliphatic heterocycles. The van der Waals surface area contributed by atoms with E-state index in [0.717, 1.165) is 25.3 Å². The first-order valence-electron chi connectivity index (χ1n) is 8.00. The monoisotopic (exact) mass is 302 g/mol. The second-order valence-electron chi connectivity index (χ2n) is 6.66. The lowest BCUT2D eigenvalue weighted by Crippen LogP contribution is -2.39. The highest BCUT2D eigenvalue weighted by Crippen LogP contribution is 2.42. The molecule has 3 nitrogen and oxygen atoms in total. The molecule has 0 bridgehead atoms. The molecule has 4 heteroatoms. The lowest BCUT2D eigenvalue weighted by molar-refractivity contribution is -0.131. The van der Waals surface area contributed by atoms with E-state index in [-0.39, 0.29) is 5.92 Å². The molecule has 3 aliphatic rings. The number of likely N-dealkylation sites (tertiary alicyclic amines) is 1. The highest BCUT2D eigenvalue weighted by molar-refractivity contribution is 7.99. The van der Waals surface area contributed by atoms with E-state index in [4.69, 9.17) is 5.73 Å². The Morgan fingerprint density at radius 1 is 1.24 bits per heavy atom. The van der Waals surface area contributed by atoms with Crippen LogP contribution in [-0.2, 0) is 4.79 Å². The molecule has 4 rings (SSSR count). The number of benzene rings is 1. The maximum Gasteiger partial charge on any atom is 0.231 e. The fourth-order valence-electron chi connectivity index (χ4n) is 4.28. The fraction of sp³-hybridized carbons (Fsp3) is 0.588. The van der Waals surface area contributed by atoms with Gasteiger partial charge in [-0.15, -0.1) is 11.8 Å². The zero-order chi connectivity index (χ0) is 14.4. The molecule has 112 valence electrons. The summed E-state index contributed by atoms with van der Waals surface area (Å²) in [6.45, 7) is 1.81. The Kier molecular flexibility index (Phi) is 3.46. The number of nitrogens with two attached hydrogens (primary N) is 1. The molecule has 1 aromatic carbocycles. The van der Waals surface area contributed by atoms with Crippen molar-refractivity contribution >= 4 is 17.7 Å². The van der Waals surface area contributed by atoms with Crippen molar-refractivity contribution in [3.8, 4) is 0 Å². The van der Waals surface area contributed by atoms with Gasteiger partial charge in [-0.2, -0.15) is 0 Å². The predicted molar refractivity (Wildman–Crippen MR) is 85.3 cm³/mol. The van der Waals surface area contributed by atoms with Crippen LogP contribution in [0.15, 0.2) is 29.2 Å². The molecule has 0 spiro atoms. The Balaban J connectivity index is 1.52. The first-order valence-corrected chi connectivity index (χ1v) is 8.98. The number of nitrogens with zero attached hydrogens (tertiary/aromatic N) is 1. The summed E-state index contributed by atoms with van der Waals surface area (Å²) >= 11 is 1.82. The average Bonchev–Trinajstić information content (AvgIpc) is 3.11. The molecule has 4 unspecified atom stereocenters. The van der Waals surface area contributed by atoms with E-state index in [1.165, 1.54) is 23.3 Å². The third-order valence-corrected chi connectivity index (χ3v) is 6.65. The molecular formula is C17H22N2OS. The molecule has 1 saturated heterocycles. The number of fused-ring (bicyclic) bond motifs is 2. The van der Waals surface area contributed by atoms with Crippen molar-refractivity contribution in [3.63, 3.8) is 0 Å². The van der Waals surface area contributed by atoms with Crippen molar-refractivity contribution in [2.45, 2.75) is 36.1 Å². The smallest absolute Gasteiger partial charge is 0.231 e. The number of hydrogen-bond acceptors (Lipinski definition) is 3. The van der Waals surface area contributed by atoms with Gasteiger partial charge in [0, 0.05) is 29.8 Å². The van der Waals surface area contributed by atoms with E-state index in [2.05, 4.69) is 23.1 Å². The second kappa shape index (κ2) is 5.33. The molecule has 1 aliphatic carbocycles. The Labute approximate surface area is 130 Å². The fourth-order valence-corrected chi connectivity index (χ4v) is 5.50. The van der Waals surface area contributed by atoms with Crippen LogP contribution in [0.2, 0.25) is 0 Å². The number of carbonyl (C=O) groups is 1. The summed E-state index contributed by atoms with van der Waals surface area (Å²) in [6.07, 6.45) is 3.61. The van der Waals surface area contributed by atoms with Crippen LogP contribution in [0.4, 0.5) is 0 Å². The maximum atomic E-state index is 12.9. The van der Waals surface area contributed by atoms with E-state index in [0.29, 0.717) is 23.8 Å². The van der Waals surface area contributed by atoms with Gasteiger partial charge in [-0.3, -0.25) is 4.79 Å². The van der Waals surface area contributed by atoms with E-state index in [1.807, 2.05) is 17.8 Å². The number of carbonyl (C=O) groups excluding carboxylic acids is 1. The van der Waals surface area contributed by atoms with Crippen LogP contribution in [0.1, 0.15) is 30.7 Å². The van der Waals surface area contributed by atoms with Crippen molar-refractivity contribution in [2.24, 2.45) is 17.6 Å². The quantitative estimate of drug-likeness (QED) is 0.867.